The van der Waals surface area contributed by atoms with E-state index >= 15 is 0 Å². The number of methoxy groups -OCH3 is 1. The molecule has 2 N–H and O–H groups in total. The first-order chi connectivity index (χ1) is 34.0. The summed E-state index contributed by atoms with van der Waals surface area (Å²) in [7, 11) is 1.59. The minimum absolute atomic E-state index is 0.00954. The monoisotopic (exact) mass is 991 g/mol. The molecule has 0 aliphatic carbocycles. The van der Waals surface area contributed by atoms with Crippen LogP contribution in [0.5, 0.6) is 0 Å². The smallest absolute Gasteiger partial charge is 0.320 e. The summed E-state index contributed by atoms with van der Waals surface area (Å²) in [5.74, 6) is -0.812. The first-order valence-corrected chi connectivity index (χ1v) is 27.3. The number of carbonyl (C=O) groups excluding carboxylic acids is 4. The molecule has 0 aromatic heterocycles. The molecule has 16 heteroatoms. The zero-order chi connectivity index (χ0) is 50.2. The van der Waals surface area contributed by atoms with Crippen molar-refractivity contribution >= 4 is 24.2 Å². The number of unbranched alkanes of at least 4 members (excludes halogenated alkanes) is 19. The molecule has 69 heavy (non-hydrogen) atoms. The molecular formula is C53H102N2O14. The lowest BCUT2D eigenvalue weighted by Crippen LogP contribution is -2.31. The number of ether oxygens (including phenoxy) is 10. The number of hydrogen-bond acceptors (Lipinski definition) is 16. The Morgan fingerprint density at radius 1 is 0.435 bits per heavy atom. The number of carbonyl (C=O) groups is 4. The number of aldehydes is 1. The molecule has 0 aliphatic heterocycles. The quantitative estimate of drug-likeness (QED) is 0.0255. The van der Waals surface area contributed by atoms with Crippen LogP contribution in [0.15, 0.2) is 0 Å². The molecule has 1 atom stereocenters. The summed E-state index contributed by atoms with van der Waals surface area (Å²) in [5, 5.41) is 5.77. The highest BCUT2D eigenvalue weighted by Crippen LogP contribution is 2.18. The van der Waals surface area contributed by atoms with E-state index in [2.05, 4.69) is 24.5 Å². The van der Waals surface area contributed by atoms with E-state index in [1.165, 1.54) is 64.2 Å². The standard InChI is InChI=1S/C53H102N2O14/c1-4-6-8-10-15-21-27-49(28-22-16-11-9-7-5-2)69-51(57)29-23-17-14-20-26-34-66-50(47-64-33-25-19-13-12-18-24-32-56)48-65-42-41-62-38-37-61-39-40-63-43-44-68-53(59)46-55-31-36-67-52(58)45-54-30-35-60-3/h32,49-50,54-55H,4-31,33-48H2,1-3H3. The predicted molar refractivity (Wildman–Crippen MR) is 271 cm³/mol. The van der Waals surface area contributed by atoms with Gasteiger partial charge >= 0.3 is 17.9 Å². The normalized spacial score (nSPS) is 11.9. The second kappa shape index (κ2) is 56.6. The van der Waals surface area contributed by atoms with Crippen molar-refractivity contribution < 1.29 is 66.5 Å². The Morgan fingerprint density at radius 3 is 1.45 bits per heavy atom. The fraction of sp³-hybridized carbons (Fsp3) is 0.925. The third kappa shape index (κ3) is 53.4. The van der Waals surface area contributed by atoms with Crippen LogP contribution in [0.1, 0.15) is 181 Å². The van der Waals surface area contributed by atoms with Crippen molar-refractivity contribution in [2.45, 2.75) is 193 Å². The molecule has 0 amide bonds. The van der Waals surface area contributed by atoms with Crippen molar-refractivity contribution in [3.8, 4) is 0 Å². The first kappa shape index (κ1) is 66.7. The Kier molecular flexibility index (Phi) is 54.8. The van der Waals surface area contributed by atoms with Crippen LogP contribution in [0.3, 0.4) is 0 Å². The van der Waals surface area contributed by atoms with E-state index in [9.17, 15) is 19.2 Å². The van der Waals surface area contributed by atoms with Gasteiger partial charge in [0.05, 0.1) is 79.2 Å². The summed E-state index contributed by atoms with van der Waals surface area (Å²) in [4.78, 5) is 46.7. The van der Waals surface area contributed by atoms with Crippen molar-refractivity contribution in [3.05, 3.63) is 0 Å². The van der Waals surface area contributed by atoms with Gasteiger partial charge < -0.3 is 62.8 Å². The molecule has 16 nitrogen and oxygen atoms in total. The molecule has 0 saturated heterocycles. The summed E-state index contributed by atoms with van der Waals surface area (Å²) in [6.07, 6.45) is 29.3. The minimum atomic E-state index is -0.416. The van der Waals surface area contributed by atoms with Crippen LogP contribution in [0, 0.1) is 0 Å². The maximum absolute atomic E-state index is 12.8. The summed E-state index contributed by atoms with van der Waals surface area (Å²) in [6, 6.07) is 0. The summed E-state index contributed by atoms with van der Waals surface area (Å²) in [5.41, 5.74) is 0. The van der Waals surface area contributed by atoms with Gasteiger partial charge in [0, 0.05) is 46.3 Å². The Labute approximate surface area is 419 Å². The maximum Gasteiger partial charge on any atom is 0.320 e. The van der Waals surface area contributed by atoms with Crippen LogP contribution >= 0.6 is 0 Å². The van der Waals surface area contributed by atoms with Gasteiger partial charge in [-0.1, -0.05) is 117 Å². The molecule has 1 unspecified atom stereocenters. The van der Waals surface area contributed by atoms with Crippen LogP contribution in [0.25, 0.3) is 0 Å². The Morgan fingerprint density at radius 2 is 0.884 bits per heavy atom. The molecule has 0 rings (SSSR count). The van der Waals surface area contributed by atoms with Crippen molar-refractivity contribution in [2.75, 3.05) is 126 Å². The van der Waals surface area contributed by atoms with Crippen molar-refractivity contribution in [1.29, 1.82) is 0 Å². The molecule has 0 aliphatic rings. The van der Waals surface area contributed by atoms with Gasteiger partial charge in [0.1, 0.15) is 31.7 Å². The third-order valence-electron chi connectivity index (χ3n) is 11.3. The fourth-order valence-corrected chi connectivity index (χ4v) is 7.27. The molecule has 0 radical (unpaired) electrons. The van der Waals surface area contributed by atoms with E-state index in [1.807, 2.05) is 0 Å². The zero-order valence-corrected chi connectivity index (χ0v) is 44.1. The van der Waals surface area contributed by atoms with E-state index in [0.717, 1.165) is 96.2 Å². The molecule has 0 aromatic rings. The highest BCUT2D eigenvalue weighted by atomic mass is 16.6. The van der Waals surface area contributed by atoms with E-state index in [0.29, 0.717) is 98.6 Å². The maximum atomic E-state index is 12.8. The average molecular weight is 991 g/mol. The zero-order valence-electron chi connectivity index (χ0n) is 44.1. The van der Waals surface area contributed by atoms with E-state index in [1.54, 1.807) is 7.11 Å². The Bertz CT molecular complexity index is 1090. The topological polar surface area (TPSA) is 185 Å². The van der Waals surface area contributed by atoms with Crippen molar-refractivity contribution in [1.82, 2.24) is 10.6 Å². The molecule has 0 saturated carbocycles. The van der Waals surface area contributed by atoms with Gasteiger partial charge in [0.15, 0.2) is 0 Å². The summed E-state index contributed by atoms with van der Waals surface area (Å²) in [6.45, 7) is 11.2. The second-order valence-corrected chi connectivity index (χ2v) is 17.7. The molecular weight excluding hydrogens is 889 g/mol. The van der Waals surface area contributed by atoms with Crippen LogP contribution in [-0.4, -0.2) is 162 Å². The van der Waals surface area contributed by atoms with Crippen molar-refractivity contribution in [2.24, 2.45) is 0 Å². The lowest BCUT2D eigenvalue weighted by atomic mass is 10.0. The molecule has 0 fully saturated rings. The first-order valence-electron chi connectivity index (χ1n) is 27.3. The Balaban J connectivity index is 4.19. The molecule has 0 heterocycles. The fourth-order valence-electron chi connectivity index (χ4n) is 7.27. The van der Waals surface area contributed by atoms with Gasteiger partial charge in [-0.2, -0.15) is 0 Å². The predicted octanol–water partition coefficient (Wildman–Crippen LogP) is 8.66. The van der Waals surface area contributed by atoms with Gasteiger partial charge in [0.2, 0.25) is 0 Å². The van der Waals surface area contributed by atoms with Crippen molar-refractivity contribution in [3.63, 3.8) is 0 Å². The van der Waals surface area contributed by atoms with E-state index < -0.39 is 5.97 Å². The lowest BCUT2D eigenvalue weighted by Gasteiger charge is -2.19. The van der Waals surface area contributed by atoms with Gasteiger partial charge in [0.25, 0.3) is 0 Å². The second-order valence-electron chi connectivity index (χ2n) is 17.7. The van der Waals surface area contributed by atoms with E-state index in [-0.39, 0.29) is 57.1 Å². The highest BCUT2D eigenvalue weighted by molar-refractivity contribution is 5.72. The Hall–Kier alpha value is -2.28. The van der Waals surface area contributed by atoms with Gasteiger partial charge in [-0.15, -0.1) is 0 Å². The van der Waals surface area contributed by atoms with E-state index in [4.69, 9.17) is 47.4 Å². The SMILES string of the molecule is CCCCCCCCC(CCCCCCCC)OC(=O)CCCCCCCOC(COCCCCCCCC=O)COCCOCCOCCOCCOC(=O)CNCCOC(=O)CNCCOC. The van der Waals surface area contributed by atoms with Crippen LogP contribution in [-0.2, 0) is 66.5 Å². The minimum Gasteiger partial charge on any atom is -0.463 e. The lowest BCUT2D eigenvalue weighted by molar-refractivity contribution is -0.150. The van der Waals surface area contributed by atoms with Crippen LogP contribution < -0.4 is 10.6 Å². The highest BCUT2D eigenvalue weighted by Gasteiger charge is 2.15. The molecule has 0 bridgehead atoms. The molecule has 0 aromatic carbocycles. The average Bonchev–Trinajstić information content (AvgIpc) is 3.34. The number of rotatable bonds is 58. The summed E-state index contributed by atoms with van der Waals surface area (Å²) >= 11 is 0. The van der Waals surface area contributed by atoms with Crippen LogP contribution in [0.2, 0.25) is 0 Å². The number of nitrogens with one attached hydrogen (secondary N) is 2. The molecule has 0 spiro atoms. The molecule has 408 valence electrons. The summed E-state index contributed by atoms with van der Waals surface area (Å²) < 4.78 is 55.9. The van der Waals surface area contributed by atoms with Gasteiger partial charge in [-0.25, -0.2) is 0 Å². The van der Waals surface area contributed by atoms with Gasteiger partial charge in [-0.3, -0.25) is 14.4 Å². The number of hydrogen-bond donors (Lipinski definition) is 2. The number of esters is 3. The third-order valence-corrected chi connectivity index (χ3v) is 11.3. The largest absolute Gasteiger partial charge is 0.463 e. The van der Waals surface area contributed by atoms with Gasteiger partial charge in [-0.05, 0) is 51.4 Å². The van der Waals surface area contributed by atoms with Crippen LogP contribution in [0.4, 0.5) is 0 Å².